The molecule has 0 radical (unpaired) electrons. The van der Waals surface area contributed by atoms with Gasteiger partial charge < -0.3 is 10.1 Å². The fraction of sp³-hybridized carbons (Fsp3) is 0.667. The van der Waals surface area contributed by atoms with E-state index in [-0.39, 0.29) is 12.5 Å². The second kappa shape index (κ2) is 6.42. The molecule has 4 aliphatic rings. The third-order valence-corrected chi connectivity index (χ3v) is 6.50. The van der Waals surface area contributed by atoms with E-state index < -0.39 is 0 Å². The minimum absolute atomic E-state index is 0.00114. The molecule has 0 aliphatic heterocycles. The van der Waals surface area contributed by atoms with Gasteiger partial charge in [-0.1, -0.05) is 12.1 Å². The van der Waals surface area contributed by atoms with E-state index in [0.29, 0.717) is 5.41 Å². The van der Waals surface area contributed by atoms with Gasteiger partial charge in [0.05, 0.1) is 0 Å². The van der Waals surface area contributed by atoms with Crippen LogP contribution in [0.1, 0.15) is 50.5 Å². The highest BCUT2D eigenvalue weighted by atomic mass is 16.5. The lowest BCUT2D eigenvalue weighted by Gasteiger charge is -2.57. The number of carbonyl (C=O) groups is 1. The summed E-state index contributed by atoms with van der Waals surface area (Å²) >= 11 is 0. The Bertz CT molecular complexity index is 574. The largest absolute Gasteiger partial charge is 0.484 e. The molecule has 0 aromatic heterocycles. The summed E-state index contributed by atoms with van der Waals surface area (Å²) in [6.45, 7) is 2.95. The Morgan fingerprint density at radius 2 is 1.83 bits per heavy atom. The van der Waals surface area contributed by atoms with Gasteiger partial charge in [-0.3, -0.25) is 4.79 Å². The number of aryl methyl sites for hydroxylation is 1. The Hall–Kier alpha value is -1.51. The molecule has 1 N–H and O–H groups in total. The van der Waals surface area contributed by atoms with Crippen molar-refractivity contribution >= 4 is 5.91 Å². The van der Waals surface area contributed by atoms with Gasteiger partial charge in [0.2, 0.25) is 0 Å². The van der Waals surface area contributed by atoms with Crippen molar-refractivity contribution in [2.75, 3.05) is 13.2 Å². The number of carbonyl (C=O) groups excluding carboxylic acids is 1. The summed E-state index contributed by atoms with van der Waals surface area (Å²) in [5.74, 6) is 3.72. The Morgan fingerprint density at radius 3 is 2.46 bits per heavy atom. The van der Waals surface area contributed by atoms with Crippen molar-refractivity contribution in [3.8, 4) is 5.75 Å². The Kier molecular flexibility index (Phi) is 4.28. The summed E-state index contributed by atoms with van der Waals surface area (Å²) in [6, 6.07) is 7.84. The van der Waals surface area contributed by atoms with Crippen molar-refractivity contribution in [1.82, 2.24) is 5.32 Å². The highest BCUT2D eigenvalue weighted by Crippen LogP contribution is 2.61. The number of hydrogen-bond acceptors (Lipinski definition) is 2. The van der Waals surface area contributed by atoms with Crippen LogP contribution in [0.3, 0.4) is 0 Å². The van der Waals surface area contributed by atoms with Crippen molar-refractivity contribution in [1.29, 1.82) is 0 Å². The molecule has 0 atom stereocenters. The molecule has 4 fully saturated rings. The van der Waals surface area contributed by atoms with Crippen LogP contribution in [0.5, 0.6) is 5.75 Å². The number of ether oxygens (including phenoxy) is 1. The van der Waals surface area contributed by atoms with Gasteiger partial charge in [-0.05, 0) is 92.7 Å². The quantitative estimate of drug-likeness (QED) is 0.854. The Morgan fingerprint density at radius 1 is 1.17 bits per heavy atom. The molecule has 1 aromatic rings. The molecule has 5 rings (SSSR count). The van der Waals surface area contributed by atoms with Gasteiger partial charge in [-0.25, -0.2) is 0 Å². The summed E-state index contributed by atoms with van der Waals surface area (Å²) in [5, 5.41) is 3.08. The average molecular weight is 327 g/mol. The molecule has 130 valence electrons. The summed E-state index contributed by atoms with van der Waals surface area (Å²) in [5.41, 5.74) is 1.69. The molecule has 1 amide bonds. The number of benzene rings is 1. The molecule has 0 saturated heterocycles. The fourth-order valence-corrected chi connectivity index (χ4v) is 5.97. The van der Waals surface area contributed by atoms with E-state index in [2.05, 4.69) is 5.32 Å². The first-order chi connectivity index (χ1) is 11.6. The molecule has 4 aliphatic carbocycles. The minimum Gasteiger partial charge on any atom is -0.484 e. The number of hydrogen-bond donors (Lipinski definition) is 1. The number of nitrogens with one attached hydrogen (secondary N) is 1. The van der Waals surface area contributed by atoms with E-state index in [4.69, 9.17) is 4.74 Å². The van der Waals surface area contributed by atoms with Crippen molar-refractivity contribution in [2.45, 2.75) is 51.9 Å². The van der Waals surface area contributed by atoms with Gasteiger partial charge in [0.15, 0.2) is 6.61 Å². The van der Waals surface area contributed by atoms with Crippen LogP contribution in [0.15, 0.2) is 24.3 Å². The molecule has 0 unspecified atom stereocenters. The average Bonchev–Trinajstić information content (AvgIpc) is 2.51. The molecular weight excluding hydrogens is 298 g/mol. The van der Waals surface area contributed by atoms with E-state index in [1.807, 2.05) is 31.2 Å². The summed E-state index contributed by atoms with van der Waals surface area (Å²) in [4.78, 5) is 12.1. The first-order valence-electron chi connectivity index (χ1n) is 9.56. The number of rotatable bonds is 6. The van der Waals surface area contributed by atoms with Crippen LogP contribution in [0, 0.1) is 30.1 Å². The highest BCUT2D eigenvalue weighted by molar-refractivity contribution is 5.77. The van der Waals surface area contributed by atoms with E-state index in [0.717, 1.165) is 42.0 Å². The number of amides is 1. The predicted octanol–water partition coefficient (Wildman–Crippen LogP) is 4.10. The lowest BCUT2D eigenvalue weighted by Crippen LogP contribution is -2.47. The molecule has 0 spiro atoms. The maximum atomic E-state index is 12.1. The molecule has 1 aromatic carbocycles. The SMILES string of the molecule is Cc1cccc(OCC(=O)NCCC23CC4CC(CC(C4)C2)C3)c1. The van der Waals surface area contributed by atoms with Crippen LogP contribution in [-0.4, -0.2) is 19.1 Å². The van der Waals surface area contributed by atoms with Crippen molar-refractivity contribution in [3.05, 3.63) is 29.8 Å². The fourth-order valence-electron chi connectivity index (χ4n) is 5.97. The van der Waals surface area contributed by atoms with Gasteiger partial charge in [0.25, 0.3) is 5.91 Å². The van der Waals surface area contributed by atoms with E-state index in [1.165, 1.54) is 38.5 Å². The highest BCUT2D eigenvalue weighted by Gasteiger charge is 2.50. The zero-order chi connectivity index (χ0) is 16.6. The Balaban J connectivity index is 1.22. The smallest absolute Gasteiger partial charge is 0.257 e. The van der Waals surface area contributed by atoms with Crippen molar-refractivity contribution in [2.24, 2.45) is 23.2 Å². The zero-order valence-corrected chi connectivity index (χ0v) is 14.7. The van der Waals surface area contributed by atoms with Crippen molar-refractivity contribution < 1.29 is 9.53 Å². The molecule has 24 heavy (non-hydrogen) atoms. The van der Waals surface area contributed by atoms with E-state index >= 15 is 0 Å². The molecular formula is C21H29NO2. The topological polar surface area (TPSA) is 38.3 Å². The maximum absolute atomic E-state index is 12.1. The van der Waals surface area contributed by atoms with Gasteiger partial charge in [-0.2, -0.15) is 0 Å². The monoisotopic (exact) mass is 327 g/mol. The zero-order valence-electron chi connectivity index (χ0n) is 14.7. The summed E-state index contributed by atoms with van der Waals surface area (Å²) in [6.07, 6.45) is 9.84. The molecule has 3 heteroatoms. The standard InChI is InChI=1S/C21H29NO2/c1-15-3-2-4-19(7-15)24-14-20(23)22-6-5-21-11-16-8-17(12-21)10-18(9-16)13-21/h2-4,7,16-18H,5-6,8-14H2,1H3,(H,22,23). The first kappa shape index (κ1) is 16.0. The summed E-state index contributed by atoms with van der Waals surface area (Å²) < 4.78 is 5.58. The third-order valence-electron chi connectivity index (χ3n) is 6.50. The first-order valence-corrected chi connectivity index (χ1v) is 9.56. The third kappa shape index (κ3) is 3.45. The van der Waals surface area contributed by atoms with Crippen molar-refractivity contribution in [3.63, 3.8) is 0 Å². The Labute approximate surface area is 145 Å². The molecule has 4 saturated carbocycles. The van der Waals surface area contributed by atoms with Crippen LogP contribution in [-0.2, 0) is 4.79 Å². The molecule has 4 bridgehead atoms. The van der Waals surface area contributed by atoms with Crippen LogP contribution in [0.4, 0.5) is 0 Å². The van der Waals surface area contributed by atoms with Crippen LogP contribution in [0.2, 0.25) is 0 Å². The molecule has 0 heterocycles. The van der Waals surface area contributed by atoms with Gasteiger partial charge in [0.1, 0.15) is 5.75 Å². The van der Waals surface area contributed by atoms with Crippen LogP contribution < -0.4 is 10.1 Å². The van der Waals surface area contributed by atoms with E-state index in [1.54, 1.807) is 0 Å². The van der Waals surface area contributed by atoms with Gasteiger partial charge in [0, 0.05) is 6.54 Å². The van der Waals surface area contributed by atoms with Gasteiger partial charge >= 0.3 is 0 Å². The second-order valence-corrected chi connectivity index (χ2v) is 8.62. The second-order valence-electron chi connectivity index (χ2n) is 8.62. The normalized spacial score (nSPS) is 33.5. The minimum atomic E-state index is 0.00114. The van der Waals surface area contributed by atoms with E-state index in [9.17, 15) is 4.79 Å². The predicted molar refractivity (Wildman–Crippen MR) is 94.9 cm³/mol. The molecule has 3 nitrogen and oxygen atoms in total. The van der Waals surface area contributed by atoms with Crippen LogP contribution >= 0.6 is 0 Å². The van der Waals surface area contributed by atoms with Crippen LogP contribution in [0.25, 0.3) is 0 Å². The van der Waals surface area contributed by atoms with Gasteiger partial charge in [-0.15, -0.1) is 0 Å². The maximum Gasteiger partial charge on any atom is 0.257 e. The lowest BCUT2D eigenvalue weighted by atomic mass is 9.49. The summed E-state index contributed by atoms with van der Waals surface area (Å²) in [7, 11) is 0. The lowest BCUT2D eigenvalue weighted by molar-refractivity contribution is -0.123.